The van der Waals surface area contributed by atoms with Crippen molar-refractivity contribution in [1.29, 1.82) is 0 Å². The zero-order chi connectivity index (χ0) is 17.2. The molecule has 24 heavy (non-hydrogen) atoms. The van der Waals surface area contributed by atoms with Crippen LogP contribution in [0.25, 0.3) is 0 Å². The van der Waals surface area contributed by atoms with Crippen molar-refractivity contribution < 1.29 is 22.4 Å². The van der Waals surface area contributed by atoms with Crippen LogP contribution in [0.2, 0.25) is 0 Å². The fourth-order valence-corrected chi connectivity index (χ4v) is 2.90. The molecule has 2 aromatic rings. The van der Waals surface area contributed by atoms with Crippen LogP contribution in [0.3, 0.4) is 0 Å². The van der Waals surface area contributed by atoms with Crippen LogP contribution < -0.4 is 10.1 Å². The molecular weight excluding hydrogens is 323 g/mol. The van der Waals surface area contributed by atoms with Crippen LogP contribution in [0.5, 0.6) is 5.75 Å². The van der Waals surface area contributed by atoms with Crippen molar-refractivity contribution in [3.05, 3.63) is 41.5 Å². The highest BCUT2D eigenvalue weighted by Gasteiger charge is 2.31. The Labute approximate surface area is 137 Å². The molecule has 1 aliphatic heterocycles. The van der Waals surface area contributed by atoms with Gasteiger partial charge in [-0.1, -0.05) is 24.2 Å². The van der Waals surface area contributed by atoms with Gasteiger partial charge in [-0.05, 0) is 30.0 Å². The number of aryl methyl sites for hydroxylation is 1. The zero-order valence-corrected chi connectivity index (χ0v) is 13.1. The van der Waals surface area contributed by atoms with E-state index in [4.69, 9.17) is 4.52 Å². The molecule has 1 saturated heterocycles. The van der Waals surface area contributed by atoms with Gasteiger partial charge in [-0.25, -0.2) is 0 Å². The average molecular weight is 341 g/mol. The van der Waals surface area contributed by atoms with Crippen molar-refractivity contribution in [2.45, 2.75) is 38.0 Å². The Bertz CT molecular complexity index is 670. The summed E-state index contributed by atoms with van der Waals surface area (Å²) in [6.45, 7) is 3.46. The van der Waals surface area contributed by atoms with Crippen molar-refractivity contribution in [3.63, 3.8) is 0 Å². The van der Waals surface area contributed by atoms with E-state index in [0.29, 0.717) is 18.1 Å². The van der Waals surface area contributed by atoms with Gasteiger partial charge in [0, 0.05) is 19.5 Å². The Morgan fingerprint density at radius 3 is 2.54 bits per heavy atom. The summed E-state index contributed by atoms with van der Waals surface area (Å²) in [5.74, 6) is 1.35. The third-order valence-electron chi connectivity index (χ3n) is 4.08. The smallest absolute Gasteiger partial charge is 0.406 e. The molecule has 130 valence electrons. The minimum atomic E-state index is -4.67. The Morgan fingerprint density at radius 2 is 1.92 bits per heavy atom. The van der Waals surface area contributed by atoms with Gasteiger partial charge in [0.25, 0.3) is 0 Å². The van der Waals surface area contributed by atoms with E-state index in [-0.39, 0.29) is 17.6 Å². The molecule has 1 fully saturated rings. The molecule has 1 aliphatic rings. The van der Waals surface area contributed by atoms with Gasteiger partial charge in [0.1, 0.15) is 5.75 Å². The van der Waals surface area contributed by atoms with E-state index >= 15 is 0 Å². The molecule has 0 aliphatic carbocycles. The molecule has 0 bridgehead atoms. The molecule has 2 heterocycles. The largest absolute Gasteiger partial charge is 0.573 e. The number of hydrogen-bond acceptors (Lipinski definition) is 5. The van der Waals surface area contributed by atoms with E-state index in [9.17, 15) is 13.2 Å². The Balaban J connectivity index is 1.68. The van der Waals surface area contributed by atoms with Crippen molar-refractivity contribution in [2.24, 2.45) is 0 Å². The highest BCUT2D eigenvalue weighted by molar-refractivity contribution is 5.30. The molecule has 2 atom stereocenters. The maximum absolute atomic E-state index is 12.2. The second kappa shape index (κ2) is 6.80. The zero-order valence-electron chi connectivity index (χ0n) is 13.1. The first-order chi connectivity index (χ1) is 11.4. The van der Waals surface area contributed by atoms with Gasteiger partial charge in [0.15, 0.2) is 5.82 Å². The minimum absolute atomic E-state index is 0.0997. The SMILES string of the molecule is CCc1noc(C2CNCC(c3ccc(OC(F)(F)F)cc3)C2)n1. The van der Waals surface area contributed by atoms with Crippen molar-refractivity contribution >= 4 is 0 Å². The molecule has 1 aromatic heterocycles. The van der Waals surface area contributed by atoms with E-state index in [2.05, 4.69) is 20.2 Å². The van der Waals surface area contributed by atoms with Crippen LogP contribution in [-0.2, 0) is 6.42 Å². The summed E-state index contributed by atoms with van der Waals surface area (Å²) < 4.78 is 45.8. The normalized spacial score (nSPS) is 21.7. The van der Waals surface area contributed by atoms with Gasteiger partial charge in [0.2, 0.25) is 5.89 Å². The van der Waals surface area contributed by atoms with Crippen LogP contribution in [-0.4, -0.2) is 29.6 Å². The number of halogens is 3. The summed E-state index contributed by atoms with van der Waals surface area (Å²) in [4.78, 5) is 4.37. The predicted octanol–water partition coefficient (Wildman–Crippen LogP) is 3.39. The summed E-state index contributed by atoms with van der Waals surface area (Å²) >= 11 is 0. The lowest BCUT2D eigenvalue weighted by Crippen LogP contribution is -2.34. The molecular formula is C16H18F3N3O2. The Kier molecular flexibility index (Phi) is 4.75. The van der Waals surface area contributed by atoms with Gasteiger partial charge >= 0.3 is 6.36 Å². The molecule has 0 radical (unpaired) electrons. The molecule has 0 saturated carbocycles. The van der Waals surface area contributed by atoms with Gasteiger partial charge in [-0.3, -0.25) is 0 Å². The predicted molar refractivity (Wildman–Crippen MR) is 79.8 cm³/mol. The van der Waals surface area contributed by atoms with Crippen LogP contribution in [0, 0.1) is 0 Å². The van der Waals surface area contributed by atoms with E-state index in [1.54, 1.807) is 12.1 Å². The van der Waals surface area contributed by atoms with Gasteiger partial charge in [-0.2, -0.15) is 4.98 Å². The average Bonchev–Trinajstić information content (AvgIpc) is 3.03. The van der Waals surface area contributed by atoms with Crippen molar-refractivity contribution in [2.75, 3.05) is 13.1 Å². The van der Waals surface area contributed by atoms with Gasteiger partial charge in [-0.15, -0.1) is 13.2 Å². The fourth-order valence-electron chi connectivity index (χ4n) is 2.90. The summed E-state index contributed by atoms with van der Waals surface area (Å²) in [6, 6.07) is 6.02. The maximum atomic E-state index is 12.2. The Hall–Kier alpha value is -2.09. The molecule has 1 N–H and O–H groups in total. The lowest BCUT2D eigenvalue weighted by molar-refractivity contribution is -0.274. The summed E-state index contributed by atoms with van der Waals surface area (Å²) in [7, 11) is 0. The molecule has 5 nitrogen and oxygen atoms in total. The van der Waals surface area contributed by atoms with Gasteiger partial charge < -0.3 is 14.6 Å². The molecule has 2 unspecified atom stereocenters. The van der Waals surface area contributed by atoms with E-state index in [0.717, 1.165) is 25.1 Å². The number of benzene rings is 1. The quantitative estimate of drug-likeness (QED) is 0.924. The van der Waals surface area contributed by atoms with Crippen LogP contribution in [0.15, 0.2) is 28.8 Å². The molecule has 0 amide bonds. The molecule has 3 rings (SSSR count). The molecule has 1 aromatic carbocycles. The molecule has 0 spiro atoms. The lowest BCUT2D eigenvalue weighted by atomic mass is 9.85. The fraction of sp³-hybridized carbons (Fsp3) is 0.500. The minimum Gasteiger partial charge on any atom is -0.406 e. The van der Waals surface area contributed by atoms with E-state index in [1.807, 2.05) is 6.92 Å². The second-order valence-electron chi connectivity index (χ2n) is 5.81. The summed E-state index contributed by atoms with van der Waals surface area (Å²) in [6.07, 6.45) is -3.15. The first-order valence-corrected chi connectivity index (χ1v) is 7.83. The first kappa shape index (κ1) is 16.8. The summed E-state index contributed by atoms with van der Waals surface area (Å²) in [5, 5.41) is 7.24. The lowest BCUT2D eigenvalue weighted by Gasteiger charge is -2.28. The van der Waals surface area contributed by atoms with Crippen molar-refractivity contribution in [3.8, 4) is 5.75 Å². The first-order valence-electron chi connectivity index (χ1n) is 7.83. The van der Waals surface area contributed by atoms with Gasteiger partial charge in [0.05, 0.1) is 5.92 Å². The highest BCUT2D eigenvalue weighted by atomic mass is 19.4. The Morgan fingerprint density at radius 1 is 1.21 bits per heavy atom. The monoisotopic (exact) mass is 341 g/mol. The topological polar surface area (TPSA) is 60.2 Å². The number of alkyl halides is 3. The number of hydrogen-bond donors (Lipinski definition) is 1. The standard InChI is InChI=1S/C16H18F3N3O2/c1-2-14-21-15(24-22-14)12-7-11(8-20-9-12)10-3-5-13(6-4-10)23-16(17,18)19/h3-6,11-12,20H,2,7-9H2,1H3. The third-order valence-corrected chi connectivity index (χ3v) is 4.08. The maximum Gasteiger partial charge on any atom is 0.573 e. The number of aromatic nitrogens is 2. The summed E-state index contributed by atoms with van der Waals surface area (Å²) in [5.41, 5.74) is 0.956. The van der Waals surface area contributed by atoms with E-state index < -0.39 is 6.36 Å². The number of nitrogens with one attached hydrogen (secondary N) is 1. The van der Waals surface area contributed by atoms with Crippen LogP contribution in [0.1, 0.15) is 42.5 Å². The third kappa shape index (κ3) is 4.05. The molecule has 8 heteroatoms. The number of piperidine rings is 1. The second-order valence-corrected chi connectivity index (χ2v) is 5.81. The highest BCUT2D eigenvalue weighted by Crippen LogP contribution is 2.33. The van der Waals surface area contributed by atoms with E-state index in [1.165, 1.54) is 12.1 Å². The van der Waals surface area contributed by atoms with Crippen molar-refractivity contribution in [1.82, 2.24) is 15.5 Å². The number of rotatable bonds is 4. The number of nitrogens with zero attached hydrogens (tertiary/aromatic N) is 2. The number of ether oxygens (including phenoxy) is 1. The van der Waals surface area contributed by atoms with Crippen LogP contribution >= 0.6 is 0 Å². The van der Waals surface area contributed by atoms with Crippen LogP contribution in [0.4, 0.5) is 13.2 Å².